The zero-order chi connectivity index (χ0) is 13.6. The molecule has 19 heavy (non-hydrogen) atoms. The molecule has 3 rings (SSSR count). The first-order valence-electron chi connectivity index (χ1n) is 6.00. The number of thioether (sulfide) groups is 1. The van der Waals surface area contributed by atoms with Crippen LogP contribution in [0.25, 0.3) is 10.9 Å². The highest BCUT2D eigenvalue weighted by Gasteiger charge is 2.41. The summed E-state index contributed by atoms with van der Waals surface area (Å²) in [6, 6.07) is 3.78. The lowest BCUT2D eigenvalue weighted by Gasteiger charge is -2.21. The molecule has 6 heteroatoms. The Morgan fingerprint density at radius 3 is 3.11 bits per heavy atom. The van der Waals surface area contributed by atoms with Gasteiger partial charge in [-0.3, -0.25) is 4.79 Å². The summed E-state index contributed by atoms with van der Waals surface area (Å²) in [5.74, 6) is -2.00. The maximum atomic E-state index is 11.1. The van der Waals surface area contributed by atoms with Gasteiger partial charge in [-0.05, 0) is 18.4 Å². The number of nitrogens with zero attached hydrogens (tertiary/aromatic N) is 2. The number of ether oxygens (including phenoxy) is 1. The number of aryl methyl sites for hydroxylation is 1. The molecule has 0 bridgehead atoms. The Hall–Kier alpha value is -1.53. The van der Waals surface area contributed by atoms with Crippen molar-refractivity contribution in [2.24, 2.45) is 0 Å². The lowest BCUT2D eigenvalue weighted by molar-refractivity contribution is -0.212. The Kier molecular flexibility index (Phi) is 2.79. The van der Waals surface area contributed by atoms with Crippen LogP contribution in [0.2, 0.25) is 0 Å². The van der Waals surface area contributed by atoms with Crippen LogP contribution in [0.3, 0.4) is 0 Å². The largest absolute Gasteiger partial charge is 0.427 e. The minimum atomic E-state index is -1.51. The molecule has 0 spiro atoms. The van der Waals surface area contributed by atoms with Crippen LogP contribution in [-0.2, 0) is 21.9 Å². The molecule has 0 aliphatic carbocycles. The van der Waals surface area contributed by atoms with Gasteiger partial charge in [0.25, 0.3) is 5.79 Å². The maximum absolute atomic E-state index is 11.1. The standard InChI is InChI=1S/C13H14N2O3S/c1-8(16)18-13(17)4-6-15-10-3-5-14-12(19-2)9(10)7-11(13)15/h3,5,7,17H,4,6H2,1-2H3. The van der Waals surface area contributed by atoms with E-state index in [1.54, 1.807) is 18.0 Å². The van der Waals surface area contributed by atoms with Crippen LogP contribution in [0.15, 0.2) is 23.4 Å². The Balaban J connectivity index is 2.19. The van der Waals surface area contributed by atoms with Crippen molar-refractivity contribution in [3.63, 3.8) is 0 Å². The molecule has 100 valence electrons. The molecular formula is C13H14N2O3S. The van der Waals surface area contributed by atoms with Gasteiger partial charge in [0.15, 0.2) is 0 Å². The zero-order valence-corrected chi connectivity index (χ0v) is 11.5. The van der Waals surface area contributed by atoms with E-state index in [2.05, 4.69) is 4.98 Å². The van der Waals surface area contributed by atoms with Gasteiger partial charge in [0, 0.05) is 31.5 Å². The van der Waals surface area contributed by atoms with Gasteiger partial charge in [0.05, 0.1) is 11.2 Å². The predicted octanol–water partition coefficient (Wildman–Crippen LogP) is 1.87. The van der Waals surface area contributed by atoms with E-state index in [1.165, 1.54) is 6.92 Å². The van der Waals surface area contributed by atoms with E-state index in [9.17, 15) is 9.90 Å². The third-order valence-corrected chi connectivity index (χ3v) is 4.09. The number of esters is 1. The van der Waals surface area contributed by atoms with E-state index in [-0.39, 0.29) is 0 Å². The topological polar surface area (TPSA) is 64.3 Å². The van der Waals surface area contributed by atoms with Gasteiger partial charge in [0.2, 0.25) is 0 Å². The number of pyridine rings is 1. The number of carbonyl (C=O) groups is 1. The van der Waals surface area contributed by atoms with Crippen LogP contribution >= 0.6 is 11.8 Å². The summed E-state index contributed by atoms with van der Waals surface area (Å²) in [7, 11) is 0. The second-order valence-electron chi connectivity index (χ2n) is 4.56. The second kappa shape index (κ2) is 4.25. The molecule has 0 saturated heterocycles. The summed E-state index contributed by atoms with van der Waals surface area (Å²) < 4.78 is 7.08. The second-order valence-corrected chi connectivity index (χ2v) is 5.36. The van der Waals surface area contributed by atoms with Crippen LogP contribution in [0.1, 0.15) is 19.0 Å². The number of rotatable bonds is 2. The predicted molar refractivity (Wildman–Crippen MR) is 71.8 cm³/mol. The van der Waals surface area contributed by atoms with Crippen molar-refractivity contribution in [3.8, 4) is 0 Å². The van der Waals surface area contributed by atoms with Crippen LogP contribution in [0, 0.1) is 0 Å². The molecular weight excluding hydrogens is 264 g/mol. The third kappa shape index (κ3) is 1.82. The first kappa shape index (κ1) is 12.5. The van der Waals surface area contributed by atoms with Gasteiger partial charge in [0.1, 0.15) is 5.03 Å². The van der Waals surface area contributed by atoms with E-state index < -0.39 is 11.8 Å². The Bertz CT molecular complexity index is 667. The molecule has 2 aromatic heterocycles. The zero-order valence-electron chi connectivity index (χ0n) is 10.7. The summed E-state index contributed by atoms with van der Waals surface area (Å²) in [6.45, 7) is 1.93. The van der Waals surface area contributed by atoms with Crippen LogP contribution in [0.5, 0.6) is 0 Å². The number of hydrogen-bond acceptors (Lipinski definition) is 5. The smallest absolute Gasteiger partial charge is 0.305 e. The molecule has 1 N–H and O–H groups in total. The van der Waals surface area contributed by atoms with E-state index in [0.717, 1.165) is 15.9 Å². The molecule has 5 nitrogen and oxygen atoms in total. The minimum absolute atomic E-state index is 0.384. The maximum Gasteiger partial charge on any atom is 0.305 e. The van der Waals surface area contributed by atoms with Crippen molar-refractivity contribution in [1.82, 2.24) is 9.55 Å². The highest BCUT2D eigenvalue weighted by atomic mass is 32.2. The normalized spacial score (nSPS) is 21.6. The Labute approximate surface area is 114 Å². The molecule has 0 aromatic carbocycles. The van der Waals surface area contributed by atoms with Gasteiger partial charge in [-0.25, -0.2) is 4.98 Å². The Morgan fingerprint density at radius 1 is 1.63 bits per heavy atom. The van der Waals surface area contributed by atoms with E-state index in [0.29, 0.717) is 18.7 Å². The summed E-state index contributed by atoms with van der Waals surface area (Å²) >= 11 is 1.56. The molecule has 1 aliphatic heterocycles. The van der Waals surface area contributed by atoms with Crippen molar-refractivity contribution >= 4 is 28.6 Å². The summed E-state index contributed by atoms with van der Waals surface area (Å²) in [5, 5.41) is 12.4. The summed E-state index contributed by atoms with van der Waals surface area (Å²) in [5.41, 5.74) is 1.64. The van der Waals surface area contributed by atoms with Crippen LogP contribution < -0.4 is 0 Å². The van der Waals surface area contributed by atoms with Crippen molar-refractivity contribution in [1.29, 1.82) is 0 Å². The van der Waals surface area contributed by atoms with Gasteiger partial charge >= 0.3 is 5.97 Å². The molecule has 0 fully saturated rings. The molecule has 2 aromatic rings. The highest BCUT2D eigenvalue weighted by Crippen LogP contribution is 2.39. The fourth-order valence-corrected chi connectivity index (χ4v) is 3.17. The molecule has 1 atom stereocenters. The molecule has 3 heterocycles. The highest BCUT2D eigenvalue weighted by molar-refractivity contribution is 7.98. The number of carbonyl (C=O) groups excluding carboxylic acids is 1. The van der Waals surface area contributed by atoms with Crippen molar-refractivity contribution < 1.29 is 14.6 Å². The number of aliphatic hydroxyl groups is 1. The number of aromatic nitrogens is 2. The van der Waals surface area contributed by atoms with Gasteiger partial charge in [-0.15, -0.1) is 11.8 Å². The molecule has 1 aliphatic rings. The van der Waals surface area contributed by atoms with Crippen LogP contribution in [-0.4, -0.2) is 26.9 Å². The quantitative estimate of drug-likeness (QED) is 0.516. The monoisotopic (exact) mass is 278 g/mol. The average molecular weight is 278 g/mol. The van der Waals surface area contributed by atoms with Crippen LogP contribution in [0.4, 0.5) is 0 Å². The lowest BCUT2D eigenvalue weighted by atomic mass is 10.1. The first-order chi connectivity index (χ1) is 9.05. The molecule has 0 saturated carbocycles. The molecule has 1 unspecified atom stereocenters. The average Bonchev–Trinajstić information content (AvgIpc) is 2.87. The lowest BCUT2D eigenvalue weighted by Crippen LogP contribution is -2.28. The first-order valence-corrected chi connectivity index (χ1v) is 7.22. The fraction of sp³-hybridized carbons (Fsp3) is 0.385. The molecule has 0 amide bonds. The number of fused-ring (bicyclic) bond motifs is 3. The van der Waals surface area contributed by atoms with E-state index in [4.69, 9.17) is 4.74 Å². The summed E-state index contributed by atoms with van der Waals surface area (Å²) in [6.07, 6.45) is 4.10. The van der Waals surface area contributed by atoms with Crippen molar-refractivity contribution in [3.05, 3.63) is 24.0 Å². The van der Waals surface area contributed by atoms with Gasteiger partial charge < -0.3 is 14.4 Å². The summed E-state index contributed by atoms with van der Waals surface area (Å²) in [4.78, 5) is 15.5. The van der Waals surface area contributed by atoms with Gasteiger partial charge in [-0.1, -0.05) is 0 Å². The molecule has 0 radical (unpaired) electrons. The van der Waals surface area contributed by atoms with Crippen molar-refractivity contribution in [2.45, 2.75) is 30.7 Å². The van der Waals surface area contributed by atoms with Gasteiger partial charge in [-0.2, -0.15) is 0 Å². The SMILES string of the molecule is CSc1nccc2c1cc1n2CCC1(O)OC(C)=O. The third-order valence-electron chi connectivity index (χ3n) is 3.37. The number of hydrogen-bond donors (Lipinski definition) is 1. The van der Waals surface area contributed by atoms with E-state index >= 15 is 0 Å². The minimum Gasteiger partial charge on any atom is -0.427 e. The van der Waals surface area contributed by atoms with Crippen molar-refractivity contribution in [2.75, 3.05) is 6.26 Å². The van der Waals surface area contributed by atoms with E-state index in [1.807, 2.05) is 23.0 Å². The Morgan fingerprint density at radius 2 is 2.42 bits per heavy atom. The fourth-order valence-electron chi connectivity index (χ4n) is 2.62.